The van der Waals surface area contributed by atoms with E-state index in [0.717, 1.165) is 0 Å². The highest BCUT2D eigenvalue weighted by Crippen LogP contribution is 1.90. The molecule has 0 aromatic rings. The summed E-state index contributed by atoms with van der Waals surface area (Å²) >= 11 is 15.6. The molecular formula is C3H11Cl3Si2. The SMILES string of the molecule is CCl.Cl[SiH2]CC[SiH2]Cl. The molecule has 8 heavy (non-hydrogen) atoms. The second-order valence-electron chi connectivity index (χ2n) is 1.09. The second kappa shape index (κ2) is 15.7. The Labute approximate surface area is 69.9 Å². The van der Waals surface area contributed by atoms with Crippen LogP contribution in [0.5, 0.6) is 0 Å². The molecule has 0 heterocycles. The van der Waals surface area contributed by atoms with Crippen molar-refractivity contribution in [1.29, 1.82) is 0 Å². The van der Waals surface area contributed by atoms with Crippen LogP contribution in [0.25, 0.3) is 0 Å². The van der Waals surface area contributed by atoms with Gasteiger partial charge in [0, 0.05) is 6.38 Å². The molecule has 0 aliphatic carbocycles. The smallest absolute Gasteiger partial charge is 0.125 e. The lowest BCUT2D eigenvalue weighted by molar-refractivity contribution is 1.45. The van der Waals surface area contributed by atoms with Crippen molar-refractivity contribution in [2.75, 3.05) is 6.38 Å². The van der Waals surface area contributed by atoms with Crippen LogP contribution in [-0.4, -0.2) is 24.0 Å². The van der Waals surface area contributed by atoms with Crippen LogP contribution in [0.3, 0.4) is 0 Å². The first-order chi connectivity index (χ1) is 3.91. The van der Waals surface area contributed by atoms with E-state index in [2.05, 4.69) is 11.6 Å². The Kier molecular flexibility index (Phi) is 23.7. The van der Waals surface area contributed by atoms with Crippen LogP contribution in [0.1, 0.15) is 0 Å². The summed E-state index contributed by atoms with van der Waals surface area (Å²) in [7, 11) is -0.349. The average molecular weight is 210 g/mol. The molecule has 0 amide bonds. The van der Waals surface area contributed by atoms with E-state index in [-0.39, 0.29) is 17.7 Å². The van der Waals surface area contributed by atoms with Gasteiger partial charge >= 0.3 is 0 Å². The highest BCUT2D eigenvalue weighted by molar-refractivity contribution is 6.96. The minimum absolute atomic E-state index is 0.175. The fraction of sp³-hybridized carbons (Fsp3) is 1.00. The van der Waals surface area contributed by atoms with E-state index in [1.807, 2.05) is 0 Å². The van der Waals surface area contributed by atoms with E-state index in [1.165, 1.54) is 18.5 Å². The molecule has 52 valence electrons. The summed E-state index contributed by atoms with van der Waals surface area (Å²) < 4.78 is 0. The van der Waals surface area contributed by atoms with Gasteiger partial charge in [-0.15, -0.1) is 11.6 Å². The van der Waals surface area contributed by atoms with E-state index >= 15 is 0 Å². The van der Waals surface area contributed by atoms with Gasteiger partial charge in [-0.1, -0.05) is 12.1 Å². The summed E-state index contributed by atoms with van der Waals surface area (Å²) in [4.78, 5) is 0. The van der Waals surface area contributed by atoms with E-state index in [9.17, 15) is 0 Å². The minimum atomic E-state index is -0.175. The molecule has 0 unspecified atom stereocenters. The van der Waals surface area contributed by atoms with E-state index in [0.29, 0.717) is 0 Å². The average Bonchev–Trinajstić information content (AvgIpc) is 1.88. The van der Waals surface area contributed by atoms with Gasteiger partial charge in [-0.3, -0.25) is 0 Å². The number of hydrogen-bond donors (Lipinski definition) is 0. The van der Waals surface area contributed by atoms with Gasteiger partial charge in [-0.05, 0) is 0 Å². The molecule has 0 aliphatic rings. The lowest BCUT2D eigenvalue weighted by Gasteiger charge is -1.81. The van der Waals surface area contributed by atoms with Gasteiger partial charge in [-0.25, -0.2) is 0 Å². The summed E-state index contributed by atoms with van der Waals surface area (Å²) in [6, 6.07) is 2.49. The van der Waals surface area contributed by atoms with Gasteiger partial charge < -0.3 is 0 Å². The molecule has 0 aromatic carbocycles. The highest BCUT2D eigenvalue weighted by atomic mass is 35.6. The van der Waals surface area contributed by atoms with Crippen molar-refractivity contribution in [2.24, 2.45) is 0 Å². The third-order valence-corrected chi connectivity index (χ3v) is 4.66. The third-order valence-electron chi connectivity index (χ3n) is 0.517. The first-order valence-corrected chi connectivity index (χ1v) is 9.44. The molecule has 5 heteroatoms. The normalized spacial score (nSPS) is 10.5. The molecular weight excluding hydrogens is 199 g/mol. The van der Waals surface area contributed by atoms with Crippen molar-refractivity contribution in [3.8, 4) is 0 Å². The lowest BCUT2D eigenvalue weighted by atomic mass is 11.0. The van der Waals surface area contributed by atoms with Crippen LogP contribution in [0.15, 0.2) is 0 Å². The monoisotopic (exact) mass is 208 g/mol. The summed E-state index contributed by atoms with van der Waals surface area (Å²) in [5.74, 6) is 0. The molecule has 0 saturated heterocycles. The fourth-order valence-electron chi connectivity index (χ4n) is 0.189. The van der Waals surface area contributed by atoms with Gasteiger partial charge in [0.25, 0.3) is 0 Å². The number of hydrogen-bond acceptors (Lipinski definition) is 0. The van der Waals surface area contributed by atoms with E-state index < -0.39 is 0 Å². The highest BCUT2D eigenvalue weighted by Gasteiger charge is 1.80. The zero-order valence-electron chi connectivity index (χ0n) is 4.96. The summed E-state index contributed by atoms with van der Waals surface area (Å²) in [6.07, 6.45) is 1.47. The van der Waals surface area contributed by atoms with Crippen molar-refractivity contribution in [3.63, 3.8) is 0 Å². The van der Waals surface area contributed by atoms with Gasteiger partial charge in [0.2, 0.25) is 0 Å². The molecule has 0 spiro atoms. The van der Waals surface area contributed by atoms with Gasteiger partial charge in [0.1, 0.15) is 17.7 Å². The van der Waals surface area contributed by atoms with Crippen LogP contribution in [0.4, 0.5) is 0 Å². The zero-order valence-corrected chi connectivity index (χ0v) is 10.1. The summed E-state index contributed by atoms with van der Waals surface area (Å²) in [5, 5.41) is 0. The molecule has 0 fully saturated rings. The van der Waals surface area contributed by atoms with Crippen LogP contribution in [0, 0.1) is 0 Å². The first kappa shape index (κ1) is 12.0. The lowest BCUT2D eigenvalue weighted by Crippen LogP contribution is -1.78. The first-order valence-electron chi connectivity index (χ1n) is 2.41. The second-order valence-corrected chi connectivity index (χ2v) is 5.52. The number of rotatable bonds is 3. The Morgan fingerprint density at radius 2 is 1.25 bits per heavy atom. The maximum absolute atomic E-state index is 5.48. The molecule has 0 rings (SSSR count). The van der Waals surface area contributed by atoms with Crippen molar-refractivity contribution in [3.05, 3.63) is 0 Å². The maximum atomic E-state index is 5.48. The number of halogens is 3. The Morgan fingerprint density at radius 3 is 1.38 bits per heavy atom. The summed E-state index contributed by atoms with van der Waals surface area (Å²) in [5.41, 5.74) is 0. The molecule has 0 atom stereocenters. The Morgan fingerprint density at radius 1 is 1.00 bits per heavy atom. The van der Waals surface area contributed by atoms with Crippen LogP contribution >= 0.6 is 33.8 Å². The van der Waals surface area contributed by atoms with Crippen molar-refractivity contribution in [2.45, 2.75) is 12.1 Å². The van der Waals surface area contributed by atoms with Crippen molar-refractivity contribution < 1.29 is 0 Å². The molecule has 0 bridgehead atoms. The minimum Gasteiger partial charge on any atom is -0.176 e. The molecule has 0 nitrogen and oxygen atoms in total. The van der Waals surface area contributed by atoms with Crippen LogP contribution in [0.2, 0.25) is 12.1 Å². The maximum Gasteiger partial charge on any atom is 0.125 e. The van der Waals surface area contributed by atoms with Crippen molar-refractivity contribution in [1.82, 2.24) is 0 Å². The molecule has 0 saturated carbocycles. The predicted octanol–water partition coefficient (Wildman–Crippen LogP) is 1.32. The van der Waals surface area contributed by atoms with Gasteiger partial charge in [0.15, 0.2) is 0 Å². The Bertz CT molecular complexity index is 24.5. The van der Waals surface area contributed by atoms with E-state index in [1.54, 1.807) is 0 Å². The molecule has 0 aliphatic heterocycles. The number of alkyl halides is 1. The zero-order chi connectivity index (χ0) is 6.83. The standard InChI is InChI=1S/C2H8Cl2Si2.CH3Cl/c3-5-1-2-6-4;1-2/h1-2,5-6H2;1H3. The predicted molar refractivity (Wildman–Crippen MR) is 50.2 cm³/mol. The summed E-state index contributed by atoms with van der Waals surface area (Å²) in [6.45, 7) is 0. The quantitative estimate of drug-likeness (QED) is 0.285. The van der Waals surface area contributed by atoms with E-state index in [4.69, 9.17) is 22.2 Å². The Balaban J connectivity index is 0. The molecule has 0 N–H and O–H groups in total. The third kappa shape index (κ3) is 15.7. The van der Waals surface area contributed by atoms with Gasteiger partial charge in [0.05, 0.1) is 0 Å². The van der Waals surface area contributed by atoms with Crippen LogP contribution in [-0.2, 0) is 0 Å². The largest absolute Gasteiger partial charge is 0.176 e. The topological polar surface area (TPSA) is 0 Å². The molecule has 0 radical (unpaired) electrons. The fourth-order valence-corrected chi connectivity index (χ4v) is 5.10. The Hall–Kier alpha value is 1.30. The molecule has 0 aromatic heterocycles. The van der Waals surface area contributed by atoms with Gasteiger partial charge in [-0.2, -0.15) is 22.2 Å². The van der Waals surface area contributed by atoms with Crippen molar-refractivity contribution >= 4 is 51.4 Å². The van der Waals surface area contributed by atoms with Crippen LogP contribution < -0.4 is 0 Å².